The van der Waals surface area contributed by atoms with Crippen LogP contribution in [0.5, 0.6) is 0 Å². The molecule has 86 valence electrons. The molecule has 0 nitrogen and oxygen atoms in total. The average molecular weight is 724 g/mol. The van der Waals surface area contributed by atoms with E-state index in [1.54, 1.807) is 0 Å². The van der Waals surface area contributed by atoms with Crippen molar-refractivity contribution in [2.75, 3.05) is 0 Å². The number of rotatable bonds is 4. The monoisotopic (exact) mass is 722 g/mol. The third-order valence-corrected chi connectivity index (χ3v) is 14.1. The van der Waals surface area contributed by atoms with E-state index < -0.39 is 80.3 Å². The van der Waals surface area contributed by atoms with Crippen LogP contribution in [0.25, 0.3) is 0 Å². The van der Waals surface area contributed by atoms with Crippen molar-refractivity contribution in [1.29, 1.82) is 0 Å². The predicted octanol–water partition coefficient (Wildman–Crippen LogP) is -8.66. The molecule has 0 unspecified atom stereocenters. The summed E-state index contributed by atoms with van der Waals surface area (Å²) >= 11 is -1.74. The van der Waals surface area contributed by atoms with Crippen molar-refractivity contribution in [3.8, 4) is 0 Å². The molecule has 0 amide bonds. The van der Waals surface area contributed by atoms with Crippen LogP contribution in [-0.2, 0) is 0 Å². The van der Waals surface area contributed by atoms with Gasteiger partial charge in [-0.05, 0) is 0 Å². The Kier molecular flexibility index (Phi) is 9.23. The first-order valence-electron chi connectivity index (χ1n) is 2.99. The summed E-state index contributed by atoms with van der Waals surface area (Å²) in [6.45, 7) is 0. The molecule has 0 aliphatic carbocycles. The van der Waals surface area contributed by atoms with E-state index in [4.69, 9.17) is 35.6 Å². The van der Waals surface area contributed by atoms with E-state index in [-0.39, 0.29) is 0 Å². The Bertz CT molecular complexity index is 288. The van der Waals surface area contributed by atoms with Crippen molar-refractivity contribution in [3.05, 3.63) is 26.4 Å². The average Bonchev–Trinajstić information content (AvgIpc) is 2.26. The molecule has 0 aliphatic rings. The molecule has 1 aromatic carbocycles. The summed E-state index contributed by atoms with van der Waals surface area (Å²) < 4.78 is 4.99. The molecule has 8 heteroatoms. The third-order valence-electron chi connectivity index (χ3n) is 1.28. The SMILES string of the molecule is Cl[I-]c1ccc([I-]Cl)c([I-]Cl)c1[I-]Cl. The van der Waals surface area contributed by atoms with Gasteiger partial charge in [-0.25, -0.2) is 0 Å². The first kappa shape index (κ1) is 15.4. The van der Waals surface area contributed by atoms with Gasteiger partial charge in [0, 0.05) is 0 Å². The van der Waals surface area contributed by atoms with Crippen molar-refractivity contribution in [2.45, 2.75) is 0 Å². The van der Waals surface area contributed by atoms with Crippen molar-refractivity contribution >= 4 is 35.6 Å². The van der Waals surface area contributed by atoms with Crippen LogP contribution in [-0.4, -0.2) is 0 Å². The molecule has 0 aromatic heterocycles. The maximum atomic E-state index is 6.02. The summed E-state index contributed by atoms with van der Waals surface area (Å²) in [6, 6.07) is 4.16. The molecule has 0 heterocycles. The minimum absolute atomic E-state index is 0.416. The fourth-order valence-electron chi connectivity index (χ4n) is 0.744. The number of halogens is 8. The van der Waals surface area contributed by atoms with Crippen LogP contribution in [0.1, 0.15) is 0 Å². The van der Waals surface area contributed by atoms with Crippen molar-refractivity contribution in [1.82, 2.24) is 0 Å². The van der Waals surface area contributed by atoms with Crippen molar-refractivity contribution < 1.29 is 80.3 Å². The fraction of sp³-hybridized carbons (Fsp3) is 0. The van der Waals surface area contributed by atoms with Gasteiger partial charge in [-0.15, -0.1) is 0 Å². The van der Waals surface area contributed by atoms with Gasteiger partial charge in [0.25, 0.3) is 0 Å². The maximum absolute atomic E-state index is 6.02. The molecule has 0 spiro atoms. The molecular weight excluding hydrogens is 721 g/mol. The number of benzene rings is 1. The summed E-state index contributed by atoms with van der Waals surface area (Å²) in [5, 5.41) is 0. The summed E-state index contributed by atoms with van der Waals surface area (Å²) in [5.41, 5.74) is 0. The zero-order chi connectivity index (χ0) is 10.6. The molecule has 0 saturated heterocycles. The Labute approximate surface area is 139 Å². The molecule has 14 heavy (non-hydrogen) atoms. The third kappa shape index (κ3) is 3.91. The van der Waals surface area contributed by atoms with Gasteiger partial charge < -0.3 is 0 Å². The van der Waals surface area contributed by atoms with E-state index >= 15 is 0 Å². The summed E-state index contributed by atoms with van der Waals surface area (Å²) in [4.78, 5) is 0. The molecule has 0 aliphatic heterocycles. The second kappa shape index (κ2) is 8.41. The Morgan fingerprint density at radius 3 is 1.21 bits per heavy atom. The Balaban J connectivity index is 3.28. The van der Waals surface area contributed by atoms with Crippen LogP contribution in [0.3, 0.4) is 0 Å². The fourth-order valence-corrected chi connectivity index (χ4v) is 17.5. The van der Waals surface area contributed by atoms with Gasteiger partial charge in [-0.1, -0.05) is 0 Å². The Hall–Kier alpha value is 3.30. The van der Waals surface area contributed by atoms with E-state index in [1.165, 1.54) is 14.3 Å². The van der Waals surface area contributed by atoms with Crippen LogP contribution in [0.15, 0.2) is 12.1 Å². The summed E-state index contributed by atoms with van der Waals surface area (Å²) in [5.74, 6) is 0. The van der Waals surface area contributed by atoms with Crippen LogP contribution in [0.4, 0.5) is 0 Å². The molecule has 0 bridgehead atoms. The van der Waals surface area contributed by atoms with E-state index in [0.717, 1.165) is 0 Å². The predicted molar refractivity (Wildman–Crippen MR) is 44.6 cm³/mol. The van der Waals surface area contributed by atoms with Gasteiger partial charge in [0.05, 0.1) is 0 Å². The zero-order valence-electron chi connectivity index (χ0n) is 6.18. The van der Waals surface area contributed by atoms with Crippen LogP contribution < -0.4 is 80.3 Å². The topological polar surface area (TPSA) is 0 Å². The molecule has 0 fully saturated rings. The quantitative estimate of drug-likeness (QED) is 0.165. The second-order valence-corrected chi connectivity index (χ2v) is 11.9. The van der Waals surface area contributed by atoms with Crippen LogP contribution >= 0.6 is 35.6 Å². The van der Waals surface area contributed by atoms with Gasteiger partial charge in [0.15, 0.2) is 0 Å². The molecule has 0 saturated carbocycles. The molecule has 0 atom stereocenters. The van der Waals surface area contributed by atoms with Gasteiger partial charge in [0.2, 0.25) is 0 Å². The van der Waals surface area contributed by atoms with Crippen LogP contribution in [0, 0.1) is 14.3 Å². The normalized spacial score (nSPS) is 11.7. The summed E-state index contributed by atoms with van der Waals surface area (Å²) in [6.07, 6.45) is 0. The molecule has 1 aromatic rings. The minimum atomic E-state index is -0.452. The Morgan fingerprint density at radius 2 is 1.00 bits per heavy atom. The first-order chi connectivity index (χ1) is 6.78. The van der Waals surface area contributed by atoms with Gasteiger partial charge >= 0.3 is 142 Å². The second-order valence-electron chi connectivity index (χ2n) is 1.94. The van der Waals surface area contributed by atoms with Gasteiger partial charge in [-0.3, -0.25) is 0 Å². The Morgan fingerprint density at radius 1 is 0.643 bits per heavy atom. The van der Waals surface area contributed by atoms with E-state index in [0.29, 0.717) is 0 Å². The molecule has 0 N–H and O–H groups in total. The van der Waals surface area contributed by atoms with Crippen molar-refractivity contribution in [2.24, 2.45) is 0 Å². The van der Waals surface area contributed by atoms with E-state index in [1.807, 2.05) is 0 Å². The van der Waals surface area contributed by atoms with E-state index in [2.05, 4.69) is 12.1 Å². The zero-order valence-corrected chi connectivity index (χ0v) is 17.8. The number of hydrogen-bond donors (Lipinski definition) is 0. The van der Waals surface area contributed by atoms with Crippen LogP contribution in [0.2, 0.25) is 0 Å². The molecular formula is C6H2Cl4I4-4. The van der Waals surface area contributed by atoms with Gasteiger partial charge in [0.1, 0.15) is 0 Å². The van der Waals surface area contributed by atoms with Crippen molar-refractivity contribution in [3.63, 3.8) is 0 Å². The standard InChI is InChI=1S/C6H2Cl4I4/c7-11-3-1-2-4(12-8)6(14-10)5(3)13-9/h1-2H/q-4. The van der Waals surface area contributed by atoms with E-state index in [9.17, 15) is 0 Å². The first-order valence-corrected chi connectivity index (χ1v) is 18.2. The summed E-state index contributed by atoms with van der Waals surface area (Å²) in [7, 11) is 23.9. The molecule has 1 rings (SSSR count). The number of hydrogen-bond acceptors (Lipinski definition) is 0. The molecule has 0 radical (unpaired) electrons. The van der Waals surface area contributed by atoms with Gasteiger partial charge in [-0.2, -0.15) is 0 Å².